The molecule has 0 aliphatic carbocycles. The number of hydrogen-bond donors (Lipinski definition) is 0. The molecule has 0 N–H and O–H groups in total. The summed E-state index contributed by atoms with van der Waals surface area (Å²) in [6, 6.07) is 130. The molecule has 24 rings (SSSR count). The quantitative estimate of drug-likeness (QED) is 0.0864. The first-order valence-corrected chi connectivity index (χ1v) is 47.9. The Hall–Kier alpha value is -10.9. The molecule has 590 valence electrons. The molecule has 16 aromatic carbocycles. The monoisotopic (exact) mass is 1990 g/mol. The number of aromatic nitrogens is 8. The minimum atomic E-state index is -1.35. The van der Waals surface area contributed by atoms with Gasteiger partial charge in [0.25, 0.3) is 0 Å². The summed E-state index contributed by atoms with van der Waals surface area (Å²) in [6.45, 7) is 0. The van der Waals surface area contributed by atoms with Crippen molar-refractivity contribution >= 4 is 249 Å². The summed E-state index contributed by atoms with van der Waals surface area (Å²) < 4.78 is 18.9. The molecule has 2 radical (unpaired) electrons. The van der Waals surface area contributed by atoms with Crippen LogP contribution in [0.4, 0.5) is 0 Å². The molecule has 0 saturated carbocycles. The van der Waals surface area contributed by atoms with E-state index < -0.39 is 31.7 Å². The van der Waals surface area contributed by atoms with Crippen LogP contribution >= 0.6 is 31.7 Å². The Morgan fingerprint density at radius 1 is 0.142 bits per heavy atom. The third-order valence-corrected chi connectivity index (χ3v) is 40.5. The second kappa shape index (κ2) is 30.1. The summed E-state index contributed by atoms with van der Waals surface area (Å²) in [5.74, 6) is 2.21. The maximum absolute atomic E-state index is 2.56. The third kappa shape index (κ3) is 12.0. The molecule has 0 spiro atoms. The molecule has 0 aliphatic heterocycles. The van der Waals surface area contributed by atoms with Crippen LogP contribution in [0.5, 0.6) is 0 Å². The summed E-state index contributed by atoms with van der Waals surface area (Å²) in [4.78, 5) is 0. The normalized spacial score (nSPS) is 12.2. The number of hydrogen-bond acceptors (Lipinski definition) is 0. The molecule has 8 aromatic heterocycles. The van der Waals surface area contributed by atoms with E-state index in [9.17, 15) is 0 Å². The second-order valence-corrected chi connectivity index (χ2v) is 44.0. The molecule has 8 heterocycles. The van der Waals surface area contributed by atoms with E-state index in [-0.39, 0.29) is 44.8 Å². The van der Waals surface area contributed by atoms with Crippen molar-refractivity contribution in [1.82, 2.24) is 36.5 Å². The Morgan fingerprint density at radius 3 is 0.375 bits per heavy atom. The maximum Gasteiger partial charge on any atom is 0.174 e. The zero-order chi connectivity index (χ0) is 79.0. The number of aryl methyl sites for hydroxylation is 8. The number of para-hydroxylation sites is 8. The van der Waals surface area contributed by atoms with Crippen LogP contribution in [-0.4, -0.2) is 48.3 Å². The average molecular weight is 1990 g/mol. The summed E-state index contributed by atoms with van der Waals surface area (Å²) >= 11 is 0. The molecule has 0 atom stereocenters. The molecule has 120 heavy (non-hydrogen) atoms. The minimum Gasteiger partial charge on any atom is -0.344 e. The van der Waals surface area contributed by atoms with Crippen molar-refractivity contribution in [2.24, 2.45) is 56.4 Å². The van der Waals surface area contributed by atoms with Crippen molar-refractivity contribution < 1.29 is 44.8 Å². The second-order valence-electron chi connectivity index (χ2n) is 32.7. The molecule has 8 nitrogen and oxygen atoms in total. The van der Waals surface area contributed by atoms with Crippen molar-refractivity contribution in [3.8, 4) is 0 Å². The molecule has 0 saturated heterocycles. The number of fused-ring (bicyclic) bond motifs is 24. The van der Waals surface area contributed by atoms with Gasteiger partial charge in [0.05, 0.1) is 0 Å². The Morgan fingerprint density at radius 2 is 0.250 bits per heavy atom. The van der Waals surface area contributed by atoms with Gasteiger partial charge in [-0.25, -0.2) is 0 Å². The van der Waals surface area contributed by atoms with Crippen LogP contribution in [-0.2, 0) is 101 Å². The number of benzene rings is 16. The van der Waals surface area contributed by atoms with Gasteiger partial charge in [0, 0.05) is 276 Å². The van der Waals surface area contributed by atoms with Gasteiger partial charge in [-0.3, -0.25) is 0 Å². The van der Waals surface area contributed by atoms with Crippen molar-refractivity contribution in [2.45, 2.75) is 0 Å². The molecule has 0 bridgehead atoms. The van der Waals surface area contributed by atoms with Gasteiger partial charge in [0.1, 0.15) is 74.1 Å². The largest absolute Gasteiger partial charge is 0.344 e. The topological polar surface area (TPSA) is 39.4 Å². The fraction of sp³-hybridized carbons (Fsp3) is 0.0943. The fourth-order valence-corrected chi connectivity index (χ4v) is 36.2. The van der Waals surface area contributed by atoms with E-state index >= 15 is 0 Å². The van der Waals surface area contributed by atoms with Crippen LogP contribution in [0.1, 0.15) is 0 Å². The first-order valence-electron chi connectivity index (χ1n) is 41.1. The van der Waals surface area contributed by atoms with Crippen LogP contribution in [0.25, 0.3) is 174 Å². The number of rotatable bonds is 12. The van der Waals surface area contributed by atoms with E-state index in [1.54, 1.807) is 0 Å². The van der Waals surface area contributed by atoms with Gasteiger partial charge in [-0.1, -0.05) is 146 Å². The minimum absolute atomic E-state index is 0. The predicted octanol–water partition coefficient (Wildman–Crippen LogP) is 22.5. The van der Waals surface area contributed by atoms with Gasteiger partial charge in [0.2, 0.25) is 0 Å². The Kier molecular flexibility index (Phi) is 19.2. The SMILES string of the molecule is Cn1c2ccccc2c2cc([PH+](C[PH+](c3ccc4c(c3)c3ccccc3n4C)c3ccc4c(c3)c3ccccc3n4C)c3ccc4c(c3)c3ccccc3n4C)ccc21.Cn1c2ccccc2c2cc([PH+](C[PH+](c3ccc4c(c3)c3ccccc3n4C)c3ccc4c(c3)c3ccccc3n4C)c3ccc4c(c3)c3ccccc3n4C)ccc21.[Au].[Au]. The molecule has 14 heteroatoms. The van der Waals surface area contributed by atoms with Gasteiger partial charge in [-0.2, -0.15) is 0 Å². The smallest absolute Gasteiger partial charge is 0.174 e. The molecular weight excluding hydrogens is 1900 g/mol. The zero-order valence-corrected chi connectivity index (χ0v) is 76.3. The van der Waals surface area contributed by atoms with E-state index in [4.69, 9.17) is 0 Å². The van der Waals surface area contributed by atoms with Crippen LogP contribution in [0.3, 0.4) is 0 Å². The molecule has 0 aliphatic rings. The van der Waals surface area contributed by atoms with Crippen molar-refractivity contribution in [3.05, 3.63) is 340 Å². The number of nitrogens with zero attached hydrogens (tertiary/aromatic N) is 8. The van der Waals surface area contributed by atoms with Crippen LogP contribution in [0.15, 0.2) is 340 Å². The van der Waals surface area contributed by atoms with Crippen LogP contribution in [0, 0.1) is 0 Å². The molecule has 24 aromatic rings. The van der Waals surface area contributed by atoms with Gasteiger partial charge in [-0.15, -0.1) is 0 Å². The standard InChI is InChI=1S/2C53H42N4P2.2Au/c2*1-54-46-17-9-5-13-38(46)42-29-34(21-25-50(42)54)58(35-22-26-51-43(30-35)39-14-6-10-18-47(39)55(51)2)33-59(36-23-27-52-44(31-36)40-15-7-11-19-48(40)56(52)3)37-24-28-53-45(32-37)41-16-8-12-20-49(41)57(53)4;;/h2*5-32H,33H2,1-4H3;;/p+4. The van der Waals surface area contributed by atoms with Crippen molar-refractivity contribution in [2.75, 3.05) is 11.8 Å². The molecular formula is C106H88Au2N8P4+4. The van der Waals surface area contributed by atoms with Crippen molar-refractivity contribution in [1.29, 1.82) is 0 Å². The van der Waals surface area contributed by atoms with Crippen molar-refractivity contribution in [3.63, 3.8) is 0 Å². The Bertz CT molecular complexity index is 6880. The van der Waals surface area contributed by atoms with E-state index in [2.05, 4.69) is 433 Å². The van der Waals surface area contributed by atoms with Gasteiger partial charge >= 0.3 is 0 Å². The Balaban J connectivity index is 0.000000146. The first-order chi connectivity index (χ1) is 57.8. The van der Waals surface area contributed by atoms with E-state index in [0.29, 0.717) is 0 Å². The summed E-state index contributed by atoms with van der Waals surface area (Å²) in [7, 11) is 12.2. The predicted molar refractivity (Wildman–Crippen MR) is 523 cm³/mol. The first kappa shape index (κ1) is 76.5. The maximum atomic E-state index is 2.56. The Labute approximate surface area is 731 Å². The van der Waals surface area contributed by atoms with E-state index in [0.717, 1.165) is 11.8 Å². The molecule has 0 unspecified atom stereocenters. The summed E-state index contributed by atoms with van der Waals surface area (Å²) in [6.07, 6.45) is 0. The van der Waals surface area contributed by atoms with E-state index in [1.165, 1.54) is 217 Å². The van der Waals surface area contributed by atoms with Gasteiger partial charge in [0.15, 0.2) is 11.8 Å². The summed E-state index contributed by atoms with van der Waals surface area (Å²) in [5, 5.41) is 33.1. The molecule has 0 amide bonds. The molecule has 0 fully saturated rings. The summed E-state index contributed by atoms with van der Waals surface area (Å²) in [5.41, 5.74) is 20.5. The van der Waals surface area contributed by atoms with E-state index in [1.807, 2.05) is 0 Å². The third-order valence-electron chi connectivity index (χ3n) is 26.8. The van der Waals surface area contributed by atoms with Gasteiger partial charge < -0.3 is 36.5 Å². The van der Waals surface area contributed by atoms with Crippen LogP contribution in [0.2, 0.25) is 0 Å². The zero-order valence-electron chi connectivity index (χ0n) is 67.9. The fourth-order valence-electron chi connectivity index (χ4n) is 20.7. The van der Waals surface area contributed by atoms with Crippen LogP contribution < -0.4 is 42.4 Å². The van der Waals surface area contributed by atoms with Gasteiger partial charge in [-0.05, 0) is 194 Å². The average Bonchev–Trinajstić information content (AvgIpc) is 1.57.